The molecule has 0 radical (unpaired) electrons. The van der Waals surface area contributed by atoms with Gasteiger partial charge in [-0.1, -0.05) is 37.6 Å². The van der Waals surface area contributed by atoms with Gasteiger partial charge in [0.1, 0.15) is 0 Å². The first-order valence-corrected chi connectivity index (χ1v) is 8.97. The third-order valence-corrected chi connectivity index (χ3v) is 5.13. The standard InChI is InChI=1S/C14H12BrClO2S.C2H6/c15-13-10(6-9-2-1-3-11(16)7-9)8-12(19-13)14-17-4-5-18-14;1-2/h1-3,7-8,14H,4-6H2;1-2H3. The van der Waals surface area contributed by atoms with E-state index in [1.54, 1.807) is 11.3 Å². The highest BCUT2D eigenvalue weighted by atomic mass is 79.9. The molecule has 0 bridgehead atoms. The summed E-state index contributed by atoms with van der Waals surface area (Å²) in [6, 6.07) is 10.1. The molecule has 5 heteroatoms. The second-order valence-corrected chi connectivity index (χ2v) is 7.17. The number of rotatable bonds is 3. The molecular formula is C16H18BrClO2S. The summed E-state index contributed by atoms with van der Waals surface area (Å²) in [4.78, 5) is 1.11. The number of hydrogen-bond donors (Lipinski definition) is 0. The van der Waals surface area contributed by atoms with E-state index in [4.69, 9.17) is 21.1 Å². The van der Waals surface area contributed by atoms with Crippen LogP contribution in [0.15, 0.2) is 34.1 Å². The van der Waals surface area contributed by atoms with Crippen molar-refractivity contribution in [2.24, 2.45) is 0 Å². The van der Waals surface area contributed by atoms with Gasteiger partial charge in [-0.15, -0.1) is 11.3 Å². The lowest BCUT2D eigenvalue weighted by Gasteiger charge is -2.04. The molecule has 1 saturated heterocycles. The average molecular weight is 390 g/mol. The van der Waals surface area contributed by atoms with Crippen molar-refractivity contribution in [2.75, 3.05) is 13.2 Å². The normalized spacial score (nSPS) is 14.9. The maximum atomic E-state index is 6.01. The van der Waals surface area contributed by atoms with Crippen LogP contribution >= 0.6 is 38.9 Å². The topological polar surface area (TPSA) is 18.5 Å². The Balaban J connectivity index is 0.000000774. The van der Waals surface area contributed by atoms with Crippen molar-refractivity contribution in [2.45, 2.75) is 26.6 Å². The molecule has 0 spiro atoms. The van der Waals surface area contributed by atoms with E-state index in [0.717, 1.165) is 20.1 Å². The van der Waals surface area contributed by atoms with Gasteiger partial charge in [-0.2, -0.15) is 0 Å². The molecule has 1 aliphatic heterocycles. The van der Waals surface area contributed by atoms with Crippen molar-refractivity contribution in [1.82, 2.24) is 0 Å². The molecule has 0 atom stereocenters. The molecule has 1 fully saturated rings. The largest absolute Gasteiger partial charge is 0.345 e. The molecule has 0 saturated carbocycles. The fourth-order valence-electron chi connectivity index (χ4n) is 2.05. The molecule has 2 nitrogen and oxygen atoms in total. The van der Waals surface area contributed by atoms with E-state index in [-0.39, 0.29) is 6.29 Å². The zero-order chi connectivity index (χ0) is 15.2. The van der Waals surface area contributed by atoms with Crippen LogP contribution in [0.2, 0.25) is 5.02 Å². The lowest BCUT2D eigenvalue weighted by atomic mass is 10.1. The van der Waals surface area contributed by atoms with Gasteiger partial charge in [0.15, 0.2) is 6.29 Å². The van der Waals surface area contributed by atoms with Gasteiger partial charge in [-0.25, -0.2) is 0 Å². The van der Waals surface area contributed by atoms with Crippen LogP contribution in [0.5, 0.6) is 0 Å². The molecule has 2 aromatic rings. The minimum atomic E-state index is -0.200. The first-order chi connectivity index (χ1) is 10.2. The first-order valence-electron chi connectivity index (χ1n) is 6.98. The lowest BCUT2D eigenvalue weighted by molar-refractivity contribution is -0.0413. The summed E-state index contributed by atoms with van der Waals surface area (Å²) >= 11 is 11.3. The quantitative estimate of drug-likeness (QED) is 0.658. The van der Waals surface area contributed by atoms with Gasteiger partial charge in [0.25, 0.3) is 0 Å². The Labute approximate surface area is 143 Å². The van der Waals surface area contributed by atoms with Crippen LogP contribution in [-0.4, -0.2) is 13.2 Å². The second kappa shape index (κ2) is 8.30. The number of hydrogen-bond acceptors (Lipinski definition) is 3. The summed E-state index contributed by atoms with van der Waals surface area (Å²) in [6.07, 6.45) is 0.652. The summed E-state index contributed by atoms with van der Waals surface area (Å²) in [5.74, 6) is 0. The van der Waals surface area contributed by atoms with Gasteiger partial charge in [0, 0.05) is 5.02 Å². The van der Waals surface area contributed by atoms with Crippen molar-refractivity contribution < 1.29 is 9.47 Å². The summed E-state index contributed by atoms with van der Waals surface area (Å²) in [6.45, 7) is 5.34. The molecule has 1 aliphatic rings. The molecule has 0 unspecified atom stereocenters. The van der Waals surface area contributed by atoms with Crippen LogP contribution in [-0.2, 0) is 15.9 Å². The van der Waals surface area contributed by atoms with Crippen molar-refractivity contribution in [3.05, 3.63) is 55.1 Å². The third kappa shape index (κ3) is 4.54. The molecule has 2 heterocycles. The Hall–Kier alpha value is -0.390. The predicted octanol–water partition coefficient (Wildman–Crippen LogP) is 5.83. The molecule has 1 aromatic carbocycles. The number of halogens is 2. The Kier molecular flexibility index (Phi) is 6.71. The van der Waals surface area contributed by atoms with Gasteiger partial charge < -0.3 is 9.47 Å². The minimum absolute atomic E-state index is 0.200. The Morgan fingerprint density at radius 3 is 2.62 bits per heavy atom. The van der Waals surface area contributed by atoms with Crippen LogP contribution in [0.1, 0.15) is 36.1 Å². The monoisotopic (exact) mass is 388 g/mol. The lowest BCUT2D eigenvalue weighted by Crippen LogP contribution is -1.94. The van der Waals surface area contributed by atoms with Crippen LogP contribution in [0, 0.1) is 0 Å². The van der Waals surface area contributed by atoms with E-state index in [0.29, 0.717) is 13.2 Å². The summed E-state index contributed by atoms with van der Waals surface area (Å²) in [5.41, 5.74) is 2.44. The summed E-state index contributed by atoms with van der Waals surface area (Å²) in [7, 11) is 0. The number of thiophene rings is 1. The van der Waals surface area contributed by atoms with Gasteiger partial charge in [0.05, 0.1) is 21.9 Å². The predicted molar refractivity (Wildman–Crippen MR) is 92.3 cm³/mol. The molecule has 1 aromatic heterocycles. The molecule has 3 rings (SSSR count). The Morgan fingerprint density at radius 2 is 1.95 bits per heavy atom. The first kappa shape index (κ1) is 17.0. The van der Waals surface area contributed by atoms with Crippen molar-refractivity contribution in [3.8, 4) is 0 Å². The van der Waals surface area contributed by atoms with Crippen molar-refractivity contribution in [3.63, 3.8) is 0 Å². The summed E-state index contributed by atoms with van der Waals surface area (Å²) in [5, 5.41) is 0.770. The van der Waals surface area contributed by atoms with E-state index in [9.17, 15) is 0 Å². The SMILES string of the molecule is CC.Clc1cccc(Cc2cc(C3OCCO3)sc2Br)c1. The Bertz CT molecular complexity index is 579. The molecule has 21 heavy (non-hydrogen) atoms. The highest BCUT2D eigenvalue weighted by Crippen LogP contribution is 2.36. The fraction of sp³-hybridized carbons (Fsp3) is 0.375. The van der Waals surface area contributed by atoms with E-state index in [2.05, 4.69) is 28.1 Å². The van der Waals surface area contributed by atoms with Gasteiger partial charge in [-0.05, 0) is 51.7 Å². The maximum absolute atomic E-state index is 6.01. The fourth-order valence-corrected chi connectivity index (χ4v) is 3.98. The molecule has 0 aliphatic carbocycles. The third-order valence-electron chi connectivity index (χ3n) is 2.91. The van der Waals surface area contributed by atoms with Gasteiger partial charge in [0.2, 0.25) is 0 Å². The van der Waals surface area contributed by atoms with Crippen molar-refractivity contribution in [1.29, 1.82) is 0 Å². The van der Waals surface area contributed by atoms with Crippen molar-refractivity contribution >= 4 is 38.9 Å². The molecular weight excluding hydrogens is 372 g/mol. The highest BCUT2D eigenvalue weighted by Gasteiger charge is 2.21. The molecule has 0 N–H and O–H groups in total. The highest BCUT2D eigenvalue weighted by molar-refractivity contribution is 9.11. The molecule has 0 amide bonds. The number of benzene rings is 1. The van der Waals surface area contributed by atoms with E-state index < -0.39 is 0 Å². The van der Waals surface area contributed by atoms with E-state index >= 15 is 0 Å². The van der Waals surface area contributed by atoms with E-state index in [1.807, 2.05) is 32.0 Å². The zero-order valence-corrected chi connectivity index (χ0v) is 15.2. The minimum Gasteiger partial charge on any atom is -0.345 e. The second-order valence-electron chi connectivity index (χ2n) is 4.33. The van der Waals surface area contributed by atoms with Crippen LogP contribution in [0.3, 0.4) is 0 Å². The Morgan fingerprint density at radius 1 is 1.24 bits per heavy atom. The number of ether oxygens (including phenoxy) is 2. The summed E-state index contributed by atoms with van der Waals surface area (Å²) < 4.78 is 12.2. The van der Waals surface area contributed by atoms with Crippen LogP contribution in [0.25, 0.3) is 0 Å². The van der Waals surface area contributed by atoms with Crippen LogP contribution in [0.4, 0.5) is 0 Å². The maximum Gasteiger partial charge on any atom is 0.193 e. The molecule has 114 valence electrons. The van der Waals surface area contributed by atoms with Gasteiger partial charge in [-0.3, -0.25) is 0 Å². The van der Waals surface area contributed by atoms with E-state index in [1.165, 1.54) is 11.1 Å². The smallest absolute Gasteiger partial charge is 0.193 e. The average Bonchev–Trinajstić information content (AvgIpc) is 3.12. The van der Waals surface area contributed by atoms with Crippen LogP contribution < -0.4 is 0 Å². The zero-order valence-electron chi connectivity index (χ0n) is 12.1. The van der Waals surface area contributed by atoms with Gasteiger partial charge >= 0.3 is 0 Å².